The minimum absolute atomic E-state index is 0.0914. The summed E-state index contributed by atoms with van der Waals surface area (Å²) in [5.41, 5.74) is -0.0914. The van der Waals surface area contributed by atoms with Gasteiger partial charge >= 0.3 is 5.69 Å². The third-order valence-electron chi connectivity index (χ3n) is 3.62. The smallest absolute Gasteiger partial charge is 0.272 e. The van der Waals surface area contributed by atoms with Crippen LogP contribution >= 0.6 is 12.2 Å². The van der Waals surface area contributed by atoms with Gasteiger partial charge in [0.05, 0.1) is 0 Å². The average Bonchev–Trinajstić information content (AvgIpc) is 3.09. The highest BCUT2D eigenvalue weighted by Gasteiger charge is 2.41. The molecule has 3 rings (SSSR count). The molecule has 0 bridgehead atoms. The van der Waals surface area contributed by atoms with Gasteiger partial charge in [-0.3, -0.25) is 9.67 Å². The van der Waals surface area contributed by atoms with Crippen LogP contribution in [0.5, 0.6) is 0 Å². The minimum atomic E-state index is -0.0914. The average molecular weight is 225 g/mol. The summed E-state index contributed by atoms with van der Waals surface area (Å²) in [5.74, 6) is 2.40. The van der Waals surface area contributed by atoms with Crippen molar-refractivity contribution in [1.29, 1.82) is 0 Å². The van der Waals surface area contributed by atoms with Gasteiger partial charge in [-0.15, -0.1) is 0 Å². The van der Waals surface area contributed by atoms with Crippen LogP contribution in [0.1, 0.15) is 25.7 Å². The summed E-state index contributed by atoms with van der Waals surface area (Å²) >= 11 is 5.08. The standard InChI is InChI=1S/C10H15N3OS/c14-9-11-12-10(15)13(9)5-8(6-1-2-6)7-3-4-7/h6-8H,1-5H2,(H,11,14)(H,12,15). The monoisotopic (exact) mass is 225 g/mol. The Labute approximate surface area is 92.7 Å². The van der Waals surface area contributed by atoms with Crippen LogP contribution in [0.2, 0.25) is 0 Å². The topological polar surface area (TPSA) is 53.6 Å². The van der Waals surface area contributed by atoms with Crippen LogP contribution in [-0.2, 0) is 6.54 Å². The van der Waals surface area contributed by atoms with Crippen molar-refractivity contribution < 1.29 is 0 Å². The molecule has 0 aliphatic heterocycles. The zero-order valence-electron chi connectivity index (χ0n) is 8.53. The molecule has 0 spiro atoms. The van der Waals surface area contributed by atoms with E-state index in [1.807, 2.05) is 0 Å². The minimum Gasteiger partial charge on any atom is -0.272 e. The third-order valence-corrected chi connectivity index (χ3v) is 3.94. The van der Waals surface area contributed by atoms with E-state index in [1.165, 1.54) is 25.7 Å². The number of H-pyrrole nitrogens is 2. The van der Waals surface area contributed by atoms with Crippen LogP contribution in [-0.4, -0.2) is 14.8 Å². The predicted molar refractivity (Wildman–Crippen MR) is 59.2 cm³/mol. The second kappa shape index (κ2) is 3.33. The van der Waals surface area contributed by atoms with Crippen LogP contribution in [0.15, 0.2) is 4.79 Å². The van der Waals surface area contributed by atoms with Crippen LogP contribution < -0.4 is 5.69 Å². The van der Waals surface area contributed by atoms with Crippen molar-refractivity contribution >= 4 is 12.2 Å². The zero-order chi connectivity index (χ0) is 10.4. The lowest BCUT2D eigenvalue weighted by Gasteiger charge is -2.14. The maximum atomic E-state index is 11.5. The Morgan fingerprint density at radius 2 is 1.87 bits per heavy atom. The van der Waals surface area contributed by atoms with Gasteiger partial charge in [0.25, 0.3) is 0 Å². The first kappa shape index (κ1) is 9.39. The van der Waals surface area contributed by atoms with Crippen molar-refractivity contribution in [3.8, 4) is 0 Å². The highest BCUT2D eigenvalue weighted by atomic mass is 32.1. The molecular formula is C10H15N3OS. The molecule has 0 saturated heterocycles. The number of rotatable bonds is 4. The Bertz CT molecular complexity index is 424. The summed E-state index contributed by atoms with van der Waals surface area (Å²) in [6.07, 6.45) is 5.38. The van der Waals surface area contributed by atoms with Gasteiger partial charge in [0.2, 0.25) is 0 Å². The first-order valence-electron chi connectivity index (χ1n) is 5.63. The van der Waals surface area contributed by atoms with Crippen LogP contribution in [0.25, 0.3) is 0 Å². The van der Waals surface area contributed by atoms with E-state index < -0.39 is 0 Å². The highest BCUT2D eigenvalue weighted by Crippen LogP contribution is 2.49. The molecule has 15 heavy (non-hydrogen) atoms. The Hall–Kier alpha value is -0.840. The molecule has 1 aromatic heterocycles. The highest BCUT2D eigenvalue weighted by molar-refractivity contribution is 7.71. The number of nitrogens with one attached hydrogen (secondary N) is 2. The molecule has 2 aliphatic rings. The summed E-state index contributed by atoms with van der Waals surface area (Å²) in [4.78, 5) is 11.5. The van der Waals surface area contributed by atoms with E-state index in [-0.39, 0.29) is 5.69 Å². The SMILES string of the molecule is O=c1[nH][nH]c(=S)n1CC(C1CC1)C1CC1. The maximum absolute atomic E-state index is 11.5. The van der Waals surface area contributed by atoms with E-state index in [0.717, 1.165) is 18.4 Å². The quantitative estimate of drug-likeness (QED) is 0.766. The van der Waals surface area contributed by atoms with Crippen molar-refractivity contribution in [2.24, 2.45) is 17.8 Å². The molecule has 0 radical (unpaired) electrons. The molecule has 82 valence electrons. The van der Waals surface area contributed by atoms with E-state index in [1.54, 1.807) is 4.57 Å². The lowest BCUT2D eigenvalue weighted by molar-refractivity contribution is 0.343. The predicted octanol–water partition coefficient (Wildman–Crippen LogP) is 1.67. The second-order valence-electron chi connectivity index (χ2n) is 4.81. The number of aromatic nitrogens is 3. The molecule has 1 aromatic rings. The van der Waals surface area contributed by atoms with Crippen LogP contribution in [0, 0.1) is 22.5 Å². The lowest BCUT2D eigenvalue weighted by Crippen LogP contribution is -2.24. The van der Waals surface area contributed by atoms with E-state index in [0.29, 0.717) is 10.7 Å². The summed E-state index contributed by atoms with van der Waals surface area (Å²) in [5, 5.41) is 5.24. The Kier molecular flexibility index (Phi) is 2.09. The molecule has 0 amide bonds. The normalized spacial score (nSPS) is 21.1. The van der Waals surface area contributed by atoms with Crippen LogP contribution in [0.4, 0.5) is 0 Å². The Morgan fingerprint density at radius 3 is 2.27 bits per heavy atom. The van der Waals surface area contributed by atoms with Crippen LogP contribution in [0.3, 0.4) is 0 Å². The number of aromatic amines is 2. The Balaban J connectivity index is 1.83. The van der Waals surface area contributed by atoms with E-state index in [4.69, 9.17) is 12.2 Å². The fourth-order valence-electron chi connectivity index (χ4n) is 2.44. The van der Waals surface area contributed by atoms with Gasteiger partial charge in [0.1, 0.15) is 0 Å². The molecule has 0 atom stereocenters. The van der Waals surface area contributed by atoms with Gasteiger partial charge in [-0.2, -0.15) is 0 Å². The lowest BCUT2D eigenvalue weighted by atomic mass is 9.98. The summed E-state index contributed by atoms with van der Waals surface area (Å²) in [7, 11) is 0. The van der Waals surface area contributed by atoms with E-state index in [9.17, 15) is 4.79 Å². The molecule has 5 heteroatoms. The van der Waals surface area contributed by atoms with Crippen molar-refractivity contribution in [2.45, 2.75) is 32.2 Å². The third kappa shape index (κ3) is 1.80. The number of nitrogens with zero attached hydrogens (tertiary/aromatic N) is 1. The number of hydrogen-bond acceptors (Lipinski definition) is 2. The summed E-state index contributed by atoms with van der Waals surface area (Å²) in [6.45, 7) is 0.812. The van der Waals surface area contributed by atoms with Gasteiger partial charge in [-0.05, 0) is 55.7 Å². The molecule has 0 unspecified atom stereocenters. The molecule has 0 aromatic carbocycles. The first-order chi connectivity index (χ1) is 7.25. The van der Waals surface area contributed by atoms with Crippen molar-refractivity contribution in [3.05, 3.63) is 15.3 Å². The maximum Gasteiger partial charge on any atom is 0.342 e. The fraction of sp³-hybridized carbons (Fsp3) is 0.800. The summed E-state index contributed by atoms with van der Waals surface area (Å²) < 4.78 is 2.21. The zero-order valence-corrected chi connectivity index (χ0v) is 9.35. The van der Waals surface area contributed by atoms with Gasteiger partial charge in [0.15, 0.2) is 4.77 Å². The summed E-state index contributed by atoms with van der Waals surface area (Å²) in [6, 6.07) is 0. The van der Waals surface area contributed by atoms with E-state index in [2.05, 4.69) is 10.2 Å². The van der Waals surface area contributed by atoms with E-state index >= 15 is 0 Å². The van der Waals surface area contributed by atoms with Crippen molar-refractivity contribution in [2.75, 3.05) is 0 Å². The molecule has 4 nitrogen and oxygen atoms in total. The van der Waals surface area contributed by atoms with Gasteiger partial charge in [-0.25, -0.2) is 9.89 Å². The molecule has 2 fully saturated rings. The molecule has 2 N–H and O–H groups in total. The molecule has 2 saturated carbocycles. The molecular weight excluding hydrogens is 210 g/mol. The molecule has 2 aliphatic carbocycles. The van der Waals surface area contributed by atoms with Crippen molar-refractivity contribution in [3.63, 3.8) is 0 Å². The first-order valence-corrected chi connectivity index (χ1v) is 6.04. The van der Waals surface area contributed by atoms with Gasteiger partial charge in [0, 0.05) is 6.54 Å². The molecule has 1 heterocycles. The van der Waals surface area contributed by atoms with Crippen molar-refractivity contribution in [1.82, 2.24) is 14.8 Å². The Morgan fingerprint density at radius 1 is 1.27 bits per heavy atom. The fourth-order valence-corrected chi connectivity index (χ4v) is 2.65. The second-order valence-corrected chi connectivity index (χ2v) is 5.20. The van der Waals surface area contributed by atoms with Gasteiger partial charge in [-0.1, -0.05) is 0 Å². The largest absolute Gasteiger partial charge is 0.342 e. The number of hydrogen-bond donors (Lipinski definition) is 2. The van der Waals surface area contributed by atoms with Gasteiger partial charge < -0.3 is 0 Å².